The molecule has 10 heavy (non-hydrogen) atoms. The second-order valence-electron chi connectivity index (χ2n) is 2.10. The lowest BCUT2D eigenvalue weighted by Gasteiger charge is -2.04. The molecule has 0 bridgehead atoms. The van der Waals surface area contributed by atoms with E-state index in [1.54, 1.807) is 0 Å². The molecule has 3 N–H and O–H groups in total. The average Bonchev–Trinajstić information content (AvgIpc) is 1.58. The van der Waals surface area contributed by atoms with E-state index in [0.29, 0.717) is 0 Å². The van der Waals surface area contributed by atoms with Crippen molar-refractivity contribution in [3.63, 3.8) is 0 Å². The van der Waals surface area contributed by atoms with Gasteiger partial charge in [-0.25, -0.2) is 0 Å². The number of carbonyl (C=O) groups is 1. The van der Waals surface area contributed by atoms with Crippen molar-refractivity contribution in [3.05, 3.63) is 0 Å². The van der Waals surface area contributed by atoms with Gasteiger partial charge in [0.2, 0.25) is 0 Å². The molecule has 0 fully saturated rings. The first-order valence-electron chi connectivity index (χ1n) is 2.79. The van der Waals surface area contributed by atoms with Crippen LogP contribution in [0.15, 0.2) is 0 Å². The Hall–Kier alpha value is -0.420. The van der Waals surface area contributed by atoms with Gasteiger partial charge in [-0.05, 0) is 0 Å². The topological polar surface area (TPSA) is 80.4 Å². The van der Waals surface area contributed by atoms with Crippen molar-refractivity contribution < 1.29 is 14.1 Å². The number of hydrogen-bond acceptors (Lipinski definition) is 3. The molecule has 4 nitrogen and oxygen atoms in total. The van der Waals surface area contributed by atoms with Crippen LogP contribution in [0.25, 0.3) is 0 Å². The molecule has 0 aromatic carbocycles. The zero-order valence-corrected chi connectivity index (χ0v) is 6.56. The second kappa shape index (κ2) is 4.40. The number of hydrogen-bond donors (Lipinski definition) is 2. The lowest BCUT2D eigenvalue weighted by atomic mass is 10.2. The first kappa shape index (κ1) is 9.58. The zero-order valence-electron chi connectivity index (χ0n) is 5.74. The Morgan fingerprint density at radius 1 is 1.80 bits per heavy atom. The summed E-state index contributed by atoms with van der Waals surface area (Å²) in [6.45, 7) is 0. The number of rotatable bonds is 4. The first-order valence-corrected chi connectivity index (χ1v) is 4.52. The quantitative estimate of drug-likeness (QED) is 0.569. The average molecular weight is 165 g/mol. The highest BCUT2D eigenvalue weighted by Crippen LogP contribution is 1.89. The summed E-state index contributed by atoms with van der Waals surface area (Å²) in [5.74, 6) is -0.690. The van der Waals surface area contributed by atoms with Gasteiger partial charge in [-0.3, -0.25) is 9.00 Å². The predicted octanol–water partition coefficient (Wildman–Crippen LogP) is -0.833. The van der Waals surface area contributed by atoms with Crippen molar-refractivity contribution in [1.82, 2.24) is 0 Å². The molecule has 0 aliphatic heterocycles. The molecule has 5 heteroatoms. The largest absolute Gasteiger partial charge is 0.481 e. The fourth-order valence-corrected chi connectivity index (χ4v) is 1.31. The summed E-state index contributed by atoms with van der Waals surface area (Å²) in [7, 11) is -1.00. The fourth-order valence-electron chi connectivity index (χ4n) is 0.585. The predicted molar refractivity (Wildman–Crippen MR) is 39.2 cm³/mol. The third-order valence-electron chi connectivity index (χ3n) is 0.886. The minimum Gasteiger partial charge on any atom is -0.481 e. The Bertz CT molecular complexity index is 132. The maximum atomic E-state index is 10.5. The van der Waals surface area contributed by atoms with E-state index in [9.17, 15) is 9.00 Å². The number of aliphatic carboxylic acids is 1. The molecule has 0 saturated carbocycles. The Labute approximate surface area is 61.9 Å². The van der Waals surface area contributed by atoms with Gasteiger partial charge in [0, 0.05) is 28.9 Å². The maximum absolute atomic E-state index is 10.5. The van der Waals surface area contributed by atoms with Crippen LogP contribution >= 0.6 is 0 Å². The Morgan fingerprint density at radius 2 is 2.30 bits per heavy atom. The standard InChI is InChI=1S/C5H11NO3S/c1-10(9)3-4(6)2-5(7)8/h4H,2-3,6H2,1H3,(H,7,8). The molecule has 0 amide bonds. The van der Waals surface area contributed by atoms with Gasteiger partial charge in [0.05, 0.1) is 6.42 Å². The summed E-state index contributed by atoms with van der Waals surface area (Å²) < 4.78 is 10.5. The van der Waals surface area contributed by atoms with Gasteiger partial charge < -0.3 is 10.8 Å². The van der Waals surface area contributed by atoms with Crippen molar-refractivity contribution in [1.29, 1.82) is 0 Å². The van der Waals surface area contributed by atoms with Gasteiger partial charge in [-0.1, -0.05) is 0 Å². The van der Waals surface area contributed by atoms with Crippen LogP contribution in [0.3, 0.4) is 0 Å². The van der Waals surface area contributed by atoms with Crippen molar-refractivity contribution >= 4 is 16.8 Å². The summed E-state index contributed by atoms with van der Waals surface area (Å²) in [6.07, 6.45) is 1.39. The van der Waals surface area contributed by atoms with Crippen molar-refractivity contribution in [2.24, 2.45) is 5.73 Å². The molecule has 60 valence electrons. The van der Waals surface area contributed by atoms with Crippen LogP contribution in [0, 0.1) is 0 Å². The Morgan fingerprint density at radius 3 is 2.60 bits per heavy atom. The first-order chi connectivity index (χ1) is 4.52. The molecular weight excluding hydrogens is 154 g/mol. The van der Waals surface area contributed by atoms with E-state index in [0.717, 1.165) is 0 Å². The highest BCUT2D eigenvalue weighted by molar-refractivity contribution is 7.84. The SMILES string of the molecule is CS(=O)CC(N)CC(=O)O. The van der Waals surface area contributed by atoms with E-state index in [-0.39, 0.29) is 12.2 Å². The van der Waals surface area contributed by atoms with Gasteiger partial charge >= 0.3 is 5.97 Å². The van der Waals surface area contributed by atoms with Crippen LogP contribution in [0.5, 0.6) is 0 Å². The summed E-state index contributed by atoms with van der Waals surface area (Å²) in [4.78, 5) is 10.0. The van der Waals surface area contributed by atoms with Crippen LogP contribution in [0.2, 0.25) is 0 Å². The van der Waals surface area contributed by atoms with E-state index in [1.807, 2.05) is 0 Å². The molecule has 0 aromatic rings. The normalized spacial score (nSPS) is 16.2. The van der Waals surface area contributed by atoms with Gasteiger partial charge in [-0.2, -0.15) is 0 Å². The maximum Gasteiger partial charge on any atom is 0.304 e. The van der Waals surface area contributed by atoms with E-state index < -0.39 is 22.8 Å². The molecular formula is C5H11NO3S. The summed E-state index contributed by atoms with van der Waals surface area (Å²) in [6, 6.07) is -0.483. The molecule has 0 aliphatic carbocycles. The monoisotopic (exact) mass is 165 g/mol. The highest BCUT2D eigenvalue weighted by atomic mass is 32.2. The summed E-state index contributed by atoms with van der Waals surface area (Å²) in [5, 5.41) is 8.22. The Balaban J connectivity index is 3.53. The van der Waals surface area contributed by atoms with Crippen molar-refractivity contribution in [3.8, 4) is 0 Å². The van der Waals surface area contributed by atoms with Crippen LogP contribution in [-0.2, 0) is 15.6 Å². The number of carboxylic acid groups (broad SMARTS) is 1. The highest BCUT2D eigenvalue weighted by Gasteiger charge is 2.08. The smallest absolute Gasteiger partial charge is 0.304 e. The minimum absolute atomic E-state index is 0.112. The van der Waals surface area contributed by atoms with Crippen LogP contribution in [0.4, 0.5) is 0 Å². The summed E-state index contributed by atoms with van der Waals surface area (Å²) in [5.41, 5.74) is 5.30. The van der Waals surface area contributed by atoms with Gasteiger partial charge in [0.15, 0.2) is 0 Å². The molecule has 2 unspecified atom stereocenters. The molecule has 0 spiro atoms. The fraction of sp³-hybridized carbons (Fsp3) is 0.800. The molecule has 2 atom stereocenters. The Kier molecular flexibility index (Phi) is 4.22. The van der Waals surface area contributed by atoms with Gasteiger partial charge in [-0.15, -0.1) is 0 Å². The molecule has 0 heterocycles. The molecule has 0 saturated heterocycles. The zero-order chi connectivity index (χ0) is 8.15. The van der Waals surface area contributed by atoms with E-state index in [2.05, 4.69) is 0 Å². The van der Waals surface area contributed by atoms with Gasteiger partial charge in [0.1, 0.15) is 0 Å². The van der Waals surface area contributed by atoms with Crippen molar-refractivity contribution in [2.75, 3.05) is 12.0 Å². The number of carboxylic acids is 1. The van der Waals surface area contributed by atoms with Crippen LogP contribution < -0.4 is 5.73 Å². The minimum atomic E-state index is -1.00. The molecule has 0 radical (unpaired) electrons. The van der Waals surface area contributed by atoms with Gasteiger partial charge in [0.25, 0.3) is 0 Å². The van der Waals surface area contributed by atoms with E-state index >= 15 is 0 Å². The van der Waals surface area contributed by atoms with E-state index in [1.165, 1.54) is 6.26 Å². The number of nitrogens with two attached hydrogens (primary N) is 1. The molecule has 0 aliphatic rings. The molecule has 0 rings (SSSR count). The lowest BCUT2D eigenvalue weighted by Crippen LogP contribution is -2.29. The van der Waals surface area contributed by atoms with Crippen molar-refractivity contribution in [2.45, 2.75) is 12.5 Å². The second-order valence-corrected chi connectivity index (χ2v) is 3.58. The van der Waals surface area contributed by atoms with E-state index in [4.69, 9.17) is 10.8 Å². The molecule has 0 aromatic heterocycles. The lowest BCUT2D eigenvalue weighted by molar-refractivity contribution is -0.137. The van der Waals surface area contributed by atoms with Crippen LogP contribution in [0.1, 0.15) is 6.42 Å². The third kappa shape index (κ3) is 5.71. The van der Waals surface area contributed by atoms with Crippen LogP contribution in [-0.4, -0.2) is 33.3 Å². The third-order valence-corrected chi connectivity index (χ3v) is 1.78. The summed E-state index contributed by atoms with van der Waals surface area (Å²) >= 11 is 0.